The van der Waals surface area contributed by atoms with Crippen molar-refractivity contribution in [2.45, 2.75) is 6.42 Å². The van der Waals surface area contributed by atoms with Gasteiger partial charge < -0.3 is 6.92 Å². The largest absolute Gasteiger partial charge is 6.00 e. The molecule has 0 unspecified atom stereocenters. The Morgan fingerprint density at radius 1 is 0.889 bits per heavy atom. The fourth-order valence-corrected chi connectivity index (χ4v) is 0.965. The molecule has 90 valence electrons. The van der Waals surface area contributed by atoms with Gasteiger partial charge in [0.2, 0.25) is 0 Å². The molecule has 2 aromatic carbocycles. The van der Waals surface area contributed by atoms with Crippen LogP contribution in [0.2, 0.25) is 0 Å². The van der Waals surface area contributed by atoms with Crippen molar-refractivity contribution in [2.24, 2.45) is 0 Å². The molecule has 0 amide bonds. The van der Waals surface area contributed by atoms with Crippen molar-refractivity contribution >= 4 is 0 Å². The molecule has 0 aromatic heterocycles. The maximum Gasteiger partial charge on any atom is 6.00 e. The van der Waals surface area contributed by atoms with Crippen LogP contribution in [-0.2, 0) is 32.8 Å². The molecule has 2 rings (SSSR count). The van der Waals surface area contributed by atoms with Crippen LogP contribution in [0.25, 0.3) is 0 Å². The van der Waals surface area contributed by atoms with E-state index in [2.05, 4.69) is 32.4 Å². The maximum atomic E-state index is 7.50. The molecule has 18 heavy (non-hydrogen) atoms. The Kier molecular flexibility index (Phi) is 25.4. The zero-order valence-electron chi connectivity index (χ0n) is 9.86. The summed E-state index contributed by atoms with van der Waals surface area (Å²) >= 11 is 0. The first-order valence-corrected chi connectivity index (χ1v) is 4.84. The maximum absolute atomic E-state index is 7.50. The van der Waals surface area contributed by atoms with Crippen LogP contribution in [0.15, 0.2) is 60.7 Å². The molecule has 0 saturated carbocycles. The van der Waals surface area contributed by atoms with Crippen LogP contribution in [0.1, 0.15) is 5.56 Å². The first-order valence-electron chi connectivity index (χ1n) is 4.84. The zero-order valence-corrected chi connectivity index (χ0v) is 11.0. The molecule has 0 heterocycles. The molecule has 3 heteroatoms. The van der Waals surface area contributed by atoms with Crippen LogP contribution >= 0.6 is 0 Å². The van der Waals surface area contributed by atoms with Crippen molar-refractivity contribution in [1.82, 2.24) is 0 Å². The molecular formula is C15H14FeO2+4. The molecule has 0 atom stereocenters. The Hall–Kier alpha value is -1.43. The number of hydrogen-bond acceptors (Lipinski definition) is 0. The van der Waals surface area contributed by atoms with E-state index < -0.39 is 0 Å². The molecule has 0 N–H and O–H groups in total. The quantitative estimate of drug-likeness (QED) is 0.437. The van der Waals surface area contributed by atoms with E-state index in [0.717, 1.165) is 6.42 Å². The van der Waals surface area contributed by atoms with E-state index in [-0.39, 0.29) is 17.1 Å². The van der Waals surface area contributed by atoms with Gasteiger partial charge in [-0.1, -0.05) is 35.9 Å². The summed E-state index contributed by atoms with van der Waals surface area (Å²) in [4.78, 5) is 0. The van der Waals surface area contributed by atoms with Crippen molar-refractivity contribution in [2.75, 3.05) is 0 Å². The topological polar surface area (TPSA) is 39.8 Å². The molecule has 0 aliphatic rings. The molecule has 0 spiro atoms. The van der Waals surface area contributed by atoms with E-state index in [4.69, 9.17) is 9.30 Å². The van der Waals surface area contributed by atoms with E-state index >= 15 is 0 Å². The van der Waals surface area contributed by atoms with Crippen LogP contribution in [0.3, 0.4) is 0 Å². The van der Waals surface area contributed by atoms with E-state index in [0.29, 0.717) is 0 Å². The van der Waals surface area contributed by atoms with Crippen molar-refractivity contribution in [3.8, 4) is 0 Å². The van der Waals surface area contributed by atoms with E-state index in [9.17, 15) is 0 Å². The van der Waals surface area contributed by atoms with Gasteiger partial charge in [0.05, 0.1) is 0 Å². The second kappa shape index (κ2) is 20.9. The number of rotatable bonds is 1. The first-order chi connectivity index (χ1) is 8.43. The Labute approximate surface area is 119 Å². The van der Waals surface area contributed by atoms with E-state index in [1.54, 1.807) is 0 Å². The molecule has 0 aliphatic heterocycles. The van der Waals surface area contributed by atoms with Crippen LogP contribution in [-0.4, -0.2) is 0 Å². The molecule has 2 aromatic rings. The average molecular weight is 282 g/mol. The van der Waals surface area contributed by atoms with Gasteiger partial charge in [-0.15, -0.1) is 0 Å². The van der Waals surface area contributed by atoms with Gasteiger partial charge in [0, 0.05) is 0 Å². The normalized spacial score (nSPS) is 6.50. The van der Waals surface area contributed by atoms with Crippen molar-refractivity contribution in [3.63, 3.8) is 0 Å². The van der Waals surface area contributed by atoms with E-state index in [1.807, 2.05) is 48.5 Å². The monoisotopic (exact) mass is 282 g/mol. The van der Waals surface area contributed by atoms with Gasteiger partial charge in [0.25, 0.3) is 0 Å². The third-order valence-electron chi connectivity index (χ3n) is 1.69. The minimum atomic E-state index is 0. The van der Waals surface area contributed by atoms with Crippen LogP contribution in [0, 0.1) is 20.2 Å². The summed E-state index contributed by atoms with van der Waals surface area (Å²) < 4.78 is 15.0. The van der Waals surface area contributed by atoms with Crippen molar-refractivity contribution in [1.29, 1.82) is 0 Å². The second-order valence-corrected chi connectivity index (χ2v) is 2.70. The smallest absolute Gasteiger partial charge is 0.339 e. The van der Waals surface area contributed by atoms with Gasteiger partial charge in [0.15, 0.2) is 0 Å². The number of hydrogen-bond donors (Lipinski definition) is 0. The summed E-state index contributed by atoms with van der Waals surface area (Å²) in [5.41, 5.74) is 1.30. The van der Waals surface area contributed by atoms with E-state index in [1.165, 1.54) is 5.56 Å². The second-order valence-electron chi connectivity index (χ2n) is 2.70. The molecule has 2 nitrogen and oxygen atoms in total. The predicted octanol–water partition coefficient (Wildman–Crippen LogP) is 3.39. The Morgan fingerprint density at radius 2 is 1.33 bits per heavy atom. The molecule has 0 saturated heterocycles. The first kappa shape index (κ1) is 21.8. The Bertz CT molecular complexity index is 340. The average Bonchev–Trinajstić information content (AvgIpc) is 3.03. The predicted molar refractivity (Wildman–Crippen MR) is 65.4 cm³/mol. The van der Waals surface area contributed by atoms with Gasteiger partial charge in [-0.25, -0.2) is 12.1 Å². The summed E-state index contributed by atoms with van der Waals surface area (Å²) in [6, 6.07) is 20.2. The van der Waals surface area contributed by atoms with Crippen LogP contribution in [0.5, 0.6) is 0 Å². The van der Waals surface area contributed by atoms with Crippen LogP contribution in [0.4, 0.5) is 0 Å². The Balaban J connectivity index is -0.000000196. The molecule has 0 radical (unpaired) electrons. The van der Waals surface area contributed by atoms with Gasteiger partial charge in [-0.3, -0.25) is 0 Å². The number of benzene rings is 1. The third-order valence-corrected chi connectivity index (χ3v) is 1.69. The third kappa shape index (κ3) is 14.6. The van der Waals surface area contributed by atoms with Crippen molar-refractivity contribution in [3.05, 3.63) is 86.5 Å². The SMILES string of the molecule is [C-]#[O+].[C-]#[O+].[CH2-]Cc1ccccc1.[Fe+6].c1cc[cH-]c1. The summed E-state index contributed by atoms with van der Waals surface area (Å²) in [5.74, 6) is 0. The molecule has 0 aliphatic carbocycles. The fraction of sp³-hybridized carbons (Fsp3) is 0.0667. The summed E-state index contributed by atoms with van der Waals surface area (Å²) in [6.07, 6.45) is 0.890. The Morgan fingerprint density at radius 3 is 1.56 bits per heavy atom. The summed E-state index contributed by atoms with van der Waals surface area (Å²) in [6.45, 7) is 12.8. The van der Waals surface area contributed by atoms with Gasteiger partial charge in [-0.2, -0.15) is 24.6 Å². The van der Waals surface area contributed by atoms with Crippen LogP contribution < -0.4 is 0 Å². The minimum Gasteiger partial charge on any atom is -0.339 e. The van der Waals surface area contributed by atoms with Gasteiger partial charge >= 0.3 is 39.7 Å². The molecular weight excluding hydrogens is 268 g/mol. The fourth-order valence-electron chi connectivity index (χ4n) is 0.965. The van der Waals surface area contributed by atoms with Gasteiger partial charge in [-0.05, 0) is 0 Å². The molecule has 0 bridgehead atoms. The van der Waals surface area contributed by atoms with Crippen molar-refractivity contribution < 1.29 is 26.4 Å². The summed E-state index contributed by atoms with van der Waals surface area (Å²) in [7, 11) is 0. The van der Waals surface area contributed by atoms with Gasteiger partial charge in [0.1, 0.15) is 0 Å². The summed E-state index contributed by atoms with van der Waals surface area (Å²) in [5, 5.41) is 0. The zero-order chi connectivity index (χ0) is 13.4. The standard InChI is InChI=1S/C8H9.C5H5.2CO.Fe/c1-2-8-6-4-3-5-7-8;1-2-4-5-3-1;2*1-2;/h3-7H,1-2H2;1-5H;;;/q2*-1;;;+6. The molecule has 0 fully saturated rings. The minimum absolute atomic E-state index is 0.